The fourth-order valence-electron chi connectivity index (χ4n) is 4.00. The predicted octanol–water partition coefficient (Wildman–Crippen LogP) is 3.02. The molecule has 35 heavy (non-hydrogen) atoms. The number of nitrogens with zero attached hydrogens (tertiary/aromatic N) is 4. The zero-order chi connectivity index (χ0) is 25.1. The summed E-state index contributed by atoms with van der Waals surface area (Å²) in [6.07, 6.45) is 1.69. The van der Waals surface area contributed by atoms with Crippen LogP contribution in [0.5, 0.6) is 0 Å². The lowest BCUT2D eigenvalue weighted by molar-refractivity contribution is 0.187. The van der Waals surface area contributed by atoms with Crippen molar-refractivity contribution in [3.05, 3.63) is 58.9 Å². The van der Waals surface area contributed by atoms with Crippen LogP contribution >= 0.6 is 0 Å². The molecule has 184 valence electrons. The number of urea groups is 1. The molecule has 4 rings (SSSR count). The number of pyridine rings is 1. The third kappa shape index (κ3) is 5.03. The summed E-state index contributed by atoms with van der Waals surface area (Å²) in [6, 6.07) is 9.82. The Hall–Kier alpha value is -3.76. The number of anilines is 1. The van der Waals surface area contributed by atoms with Gasteiger partial charge in [0, 0.05) is 32.6 Å². The summed E-state index contributed by atoms with van der Waals surface area (Å²) in [7, 11) is 7.11. The SMILES string of the molecule is COCCn1c(=O)n(C)c2cnc3ccc(-c4ccc(NC(=O)NCCN(C)C)c(F)c4)cc3c21. The van der Waals surface area contributed by atoms with Crippen molar-refractivity contribution in [1.82, 2.24) is 24.3 Å². The number of rotatable bonds is 8. The van der Waals surface area contributed by atoms with Crippen molar-refractivity contribution in [2.24, 2.45) is 7.05 Å². The van der Waals surface area contributed by atoms with Crippen molar-refractivity contribution in [3.8, 4) is 11.1 Å². The number of amides is 2. The van der Waals surface area contributed by atoms with E-state index in [9.17, 15) is 14.0 Å². The van der Waals surface area contributed by atoms with Gasteiger partial charge in [0.15, 0.2) is 0 Å². The first kappa shape index (κ1) is 24.4. The molecule has 10 heteroatoms. The van der Waals surface area contributed by atoms with Gasteiger partial charge in [-0.2, -0.15) is 0 Å². The van der Waals surface area contributed by atoms with Crippen LogP contribution in [0.25, 0.3) is 33.1 Å². The van der Waals surface area contributed by atoms with Gasteiger partial charge in [-0.25, -0.2) is 14.0 Å². The molecule has 9 nitrogen and oxygen atoms in total. The normalized spacial score (nSPS) is 11.5. The topological polar surface area (TPSA) is 93.4 Å². The van der Waals surface area contributed by atoms with E-state index in [1.807, 2.05) is 37.2 Å². The van der Waals surface area contributed by atoms with Crippen molar-refractivity contribution in [2.75, 3.05) is 46.2 Å². The van der Waals surface area contributed by atoms with Gasteiger partial charge in [0.1, 0.15) is 5.82 Å². The van der Waals surface area contributed by atoms with Gasteiger partial charge in [0.25, 0.3) is 0 Å². The molecule has 2 N–H and O–H groups in total. The van der Waals surface area contributed by atoms with E-state index in [4.69, 9.17) is 4.74 Å². The number of aryl methyl sites for hydroxylation is 1. The maximum atomic E-state index is 14.8. The standard InChI is InChI=1S/C25H29FN6O3/c1-30(2)10-9-27-24(33)29-21-8-6-17(14-19(21)26)16-5-7-20-18(13-16)23-22(15-28-20)31(3)25(34)32(23)11-12-35-4/h5-8,13-15H,9-12H2,1-4H3,(H2,27,29,33). The monoisotopic (exact) mass is 480 g/mol. The molecular formula is C25H29FN6O3. The number of imidazole rings is 1. The Morgan fingerprint density at radius 1 is 1.17 bits per heavy atom. The van der Waals surface area contributed by atoms with E-state index >= 15 is 0 Å². The number of nitrogens with one attached hydrogen (secondary N) is 2. The summed E-state index contributed by atoms with van der Waals surface area (Å²) in [4.78, 5) is 31.3. The van der Waals surface area contributed by atoms with Gasteiger partial charge < -0.3 is 20.3 Å². The van der Waals surface area contributed by atoms with Crippen LogP contribution in [-0.4, -0.2) is 66.0 Å². The molecule has 0 saturated carbocycles. The van der Waals surface area contributed by atoms with Crippen LogP contribution in [-0.2, 0) is 18.3 Å². The van der Waals surface area contributed by atoms with Crippen molar-refractivity contribution in [1.29, 1.82) is 0 Å². The minimum absolute atomic E-state index is 0.0948. The molecule has 0 aliphatic rings. The third-order valence-electron chi connectivity index (χ3n) is 5.88. The highest BCUT2D eigenvalue weighted by atomic mass is 19.1. The lowest BCUT2D eigenvalue weighted by Crippen LogP contribution is -2.34. The van der Waals surface area contributed by atoms with Gasteiger partial charge >= 0.3 is 11.7 Å². The molecule has 0 radical (unpaired) electrons. The molecule has 0 bridgehead atoms. The van der Waals surface area contributed by atoms with E-state index in [0.717, 1.165) is 22.0 Å². The Labute approximate surface area is 202 Å². The van der Waals surface area contributed by atoms with Crippen molar-refractivity contribution >= 4 is 33.7 Å². The van der Waals surface area contributed by atoms with Crippen LogP contribution < -0.4 is 16.3 Å². The highest BCUT2D eigenvalue weighted by Gasteiger charge is 2.16. The van der Waals surface area contributed by atoms with Crippen LogP contribution in [0, 0.1) is 5.82 Å². The lowest BCUT2D eigenvalue weighted by atomic mass is 10.0. The van der Waals surface area contributed by atoms with Crippen LogP contribution in [0.1, 0.15) is 0 Å². The minimum Gasteiger partial charge on any atom is -0.383 e. The molecular weight excluding hydrogens is 451 g/mol. The molecule has 2 amide bonds. The van der Waals surface area contributed by atoms with Gasteiger partial charge in [0.2, 0.25) is 0 Å². The van der Waals surface area contributed by atoms with E-state index in [-0.39, 0.29) is 11.4 Å². The summed E-state index contributed by atoms with van der Waals surface area (Å²) in [5, 5.41) is 6.03. The molecule has 0 spiro atoms. The summed E-state index contributed by atoms with van der Waals surface area (Å²) in [6.45, 7) is 1.93. The molecule has 4 aromatic rings. The molecule has 0 fully saturated rings. The molecule has 0 saturated heterocycles. The van der Waals surface area contributed by atoms with Crippen LogP contribution in [0.4, 0.5) is 14.9 Å². The van der Waals surface area contributed by atoms with Crippen LogP contribution in [0.2, 0.25) is 0 Å². The van der Waals surface area contributed by atoms with E-state index in [0.29, 0.717) is 37.3 Å². The highest BCUT2D eigenvalue weighted by molar-refractivity contribution is 6.04. The van der Waals surface area contributed by atoms with E-state index in [1.54, 1.807) is 35.6 Å². The van der Waals surface area contributed by atoms with Crippen LogP contribution in [0.15, 0.2) is 47.4 Å². The maximum Gasteiger partial charge on any atom is 0.328 e. The summed E-state index contributed by atoms with van der Waals surface area (Å²) < 4.78 is 23.3. The number of fused-ring (bicyclic) bond motifs is 3. The summed E-state index contributed by atoms with van der Waals surface area (Å²) >= 11 is 0. The predicted molar refractivity (Wildman–Crippen MR) is 135 cm³/mol. The van der Waals surface area contributed by atoms with Gasteiger partial charge in [-0.05, 0) is 49.5 Å². The largest absolute Gasteiger partial charge is 0.383 e. The zero-order valence-corrected chi connectivity index (χ0v) is 20.3. The molecule has 0 unspecified atom stereocenters. The number of benzene rings is 2. The first-order chi connectivity index (χ1) is 16.8. The number of aromatic nitrogens is 3. The molecule has 0 aliphatic carbocycles. The molecule has 2 heterocycles. The van der Waals surface area contributed by atoms with Crippen molar-refractivity contribution in [2.45, 2.75) is 6.54 Å². The Morgan fingerprint density at radius 3 is 2.63 bits per heavy atom. The molecule has 2 aromatic carbocycles. The Kier molecular flexibility index (Phi) is 7.13. The van der Waals surface area contributed by atoms with Gasteiger partial charge in [-0.3, -0.25) is 14.1 Å². The maximum absolute atomic E-state index is 14.8. The number of halogens is 1. The molecule has 0 aliphatic heterocycles. The van der Waals surface area contributed by atoms with Crippen molar-refractivity contribution < 1.29 is 13.9 Å². The van der Waals surface area contributed by atoms with Gasteiger partial charge in [0.05, 0.1) is 41.6 Å². The molecule has 0 atom stereocenters. The quantitative estimate of drug-likeness (QED) is 0.404. The van der Waals surface area contributed by atoms with E-state index in [2.05, 4.69) is 15.6 Å². The summed E-state index contributed by atoms with van der Waals surface area (Å²) in [5.41, 5.74) is 3.55. The first-order valence-corrected chi connectivity index (χ1v) is 11.3. The number of hydrogen-bond acceptors (Lipinski definition) is 5. The number of carbonyl (C=O) groups is 1. The number of methoxy groups -OCH3 is 1. The number of carbonyl (C=O) groups excluding carboxylic acids is 1. The lowest BCUT2D eigenvalue weighted by Gasteiger charge is -2.12. The number of ether oxygens (including phenoxy) is 1. The second kappa shape index (κ2) is 10.2. The van der Waals surface area contributed by atoms with E-state index < -0.39 is 11.8 Å². The minimum atomic E-state index is -0.543. The Balaban J connectivity index is 1.68. The first-order valence-electron chi connectivity index (χ1n) is 11.3. The second-order valence-electron chi connectivity index (χ2n) is 8.59. The average Bonchev–Trinajstić information content (AvgIpc) is 3.08. The smallest absolute Gasteiger partial charge is 0.328 e. The third-order valence-corrected chi connectivity index (χ3v) is 5.88. The average molecular weight is 481 g/mol. The second-order valence-corrected chi connectivity index (χ2v) is 8.59. The van der Waals surface area contributed by atoms with E-state index in [1.165, 1.54) is 12.1 Å². The van der Waals surface area contributed by atoms with Crippen LogP contribution in [0.3, 0.4) is 0 Å². The fraction of sp³-hybridized carbons (Fsp3) is 0.320. The number of likely N-dealkylation sites (N-methyl/N-ethyl adjacent to an activating group) is 1. The Morgan fingerprint density at radius 2 is 1.91 bits per heavy atom. The Bertz CT molecular complexity index is 1440. The highest BCUT2D eigenvalue weighted by Crippen LogP contribution is 2.30. The van der Waals surface area contributed by atoms with Gasteiger partial charge in [-0.15, -0.1) is 0 Å². The van der Waals surface area contributed by atoms with Crippen molar-refractivity contribution in [3.63, 3.8) is 0 Å². The fourth-order valence-corrected chi connectivity index (χ4v) is 4.00. The zero-order valence-electron chi connectivity index (χ0n) is 20.3. The summed E-state index contributed by atoms with van der Waals surface area (Å²) in [5.74, 6) is -0.543. The number of hydrogen-bond donors (Lipinski definition) is 2. The molecule has 2 aromatic heterocycles. The van der Waals surface area contributed by atoms with Gasteiger partial charge in [-0.1, -0.05) is 12.1 Å².